The van der Waals surface area contributed by atoms with Crippen LogP contribution in [0.3, 0.4) is 0 Å². The third-order valence-electron chi connectivity index (χ3n) is 3.48. The van der Waals surface area contributed by atoms with Gasteiger partial charge in [-0.05, 0) is 37.9 Å². The molecule has 0 aliphatic carbocycles. The van der Waals surface area contributed by atoms with Crippen molar-refractivity contribution in [2.24, 2.45) is 11.7 Å². The molecular weight excluding hydrogens is 184 g/mol. The Bertz CT molecular complexity index is 297. The van der Waals surface area contributed by atoms with E-state index in [4.69, 9.17) is 5.73 Å². The van der Waals surface area contributed by atoms with Crippen LogP contribution in [0.25, 0.3) is 0 Å². The Morgan fingerprint density at radius 3 is 2.73 bits per heavy atom. The molecule has 0 amide bonds. The average Bonchev–Trinajstić information content (AvgIpc) is 2.78. The van der Waals surface area contributed by atoms with Gasteiger partial charge in [-0.3, -0.25) is 4.90 Å². The molecule has 1 aromatic carbocycles. The van der Waals surface area contributed by atoms with E-state index >= 15 is 0 Å². The molecule has 0 bridgehead atoms. The largest absolute Gasteiger partial charge is 0.330 e. The normalized spacial score (nSPS) is 24.3. The first kappa shape index (κ1) is 10.7. The van der Waals surface area contributed by atoms with E-state index in [9.17, 15) is 0 Å². The van der Waals surface area contributed by atoms with Crippen LogP contribution in [-0.2, 0) is 0 Å². The van der Waals surface area contributed by atoms with Gasteiger partial charge in [-0.2, -0.15) is 0 Å². The lowest BCUT2D eigenvalue weighted by molar-refractivity contribution is 0.253. The molecule has 1 aliphatic rings. The summed E-state index contributed by atoms with van der Waals surface area (Å²) in [7, 11) is 0. The lowest BCUT2D eigenvalue weighted by Crippen LogP contribution is -2.26. The average molecular weight is 204 g/mol. The highest BCUT2D eigenvalue weighted by molar-refractivity contribution is 5.18. The van der Waals surface area contributed by atoms with E-state index in [1.165, 1.54) is 18.5 Å². The zero-order chi connectivity index (χ0) is 10.7. The van der Waals surface area contributed by atoms with E-state index < -0.39 is 0 Å². The summed E-state index contributed by atoms with van der Waals surface area (Å²) >= 11 is 0. The second kappa shape index (κ2) is 4.77. The summed E-state index contributed by atoms with van der Waals surface area (Å²) in [4.78, 5) is 2.53. The Kier molecular flexibility index (Phi) is 3.39. The summed E-state index contributed by atoms with van der Waals surface area (Å²) in [5.41, 5.74) is 7.12. The Morgan fingerprint density at radius 1 is 1.40 bits per heavy atom. The summed E-state index contributed by atoms with van der Waals surface area (Å²) < 4.78 is 0. The van der Waals surface area contributed by atoms with Crippen LogP contribution >= 0.6 is 0 Å². The van der Waals surface area contributed by atoms with Crippen molar-refractivity contribution < 1.29 is 0 Å². The van der Waals surface area contributed by atoms with Crippen molar-refractivity contribution in [1.29, 1.82) is 0 Å². The molecule has 1 aliphatic heterocycles. The van der Waals surface area contributed by atoms with Gasteiger partial charge in [0.2, 0.25) is 0 Å². The first-order valence-corrected chi connectivity index (χ1v) is 5.80. The molecule has 0 saturated carbocycles. The third kappa shape index (κ3) is 2.39. The molecule has 2 atom stereocenters. The fraction of sp³-hybridized carbons (Fsp3) is 0.538. The lowest BCUT2D eigenvalue weighted by atomic mass is 10.1. The Labute approximate surface area is 92.1 Å². The maximum Gasteiger partial charge on any atom is 0.0320 e. The maximum atomic E-state index is 5.71. The minimum atomic E-state index is 0.530. The standard InChI is InChI=1S/C13H20N2/c1-11(13-5-3-2-4-6-13)15-8-7-12(9-14)10-15/h2-6,11-12H,7-10,14H2,1H3. The Hall–Kier alpha value is -0.860. The first-order valence-electron chi connectivity index (χ1n) is 5.80. The molecule has 0 spiro atoms. The number of hydrogen-bond donors (Lipinski definition) is 1. The number of likely N-dealkylation sites (tertiary alicyclic amines) is 1. The van der Waals surface area contributed by atoms with Crippen LogP contribution in [-0.4, -0.2) is 24.5 Å². The molecule has 1 heterocycles. The van der Waals surface area contributed by atoms with Crippen LogP contribution in [0.2, 0.25) is 0 Å². The van der Waals surface area contributed by atoms with Crippen LogP contribution < -0.4 is 5.73 Å². The molecule has 82 valence electrons. The molecule has 2 nitrogen and oxygen atoms in total. The molecule has 2 heteroatoms. The van der Waals surface area contributed by atoms with Gasteiger partial charge in [0.1, 0.15) is 0 Å². The smallest absolute Gasteiger partial charge is 0.0320 e. The van der Waals surface area contributed by atoms with Crippen molar-refractivity contribution in [3.8, 4) is 0 Å². The second-order valence-corrected chi connectivity index (χ2v) is 4.47. The predicted octanol–water partition coefficient (Wildman–Crippen LogP) is 2.03. The maximum absolute atomic E-state index is 5.71. The third-order valence-corrected chi connectivity index (χ3v) is 3.48. The quantitative estimate of drug-likeness (QED) is 0.816. The van der Waals surface area contributed by atoms with Crippen LogP contribution in [0, 0.1) is 5.92 Å². The molecule has 1 aromatic rings. The van der Waals surface area contributed by atoms with Gasteiger partial charge in [0.25, 0.3) is 0 Å². The van der Waals surface area contributed by atoms with Crippen molar-refractivity contribution in [1.82, 2.24) is 4.90 Å². The molecule has 2 N–H and O–H groups in total. The van der Waals surface area contributed by atoms with Gasteiger partial charge >= 0.3 is 0 Å². The van der Waals surface area contributed by atoms with Gasteiger partial charge in [-0.25, -0.2) is 0 Å². The molecule has 1 saturated heterocycles. The minimum Gasteiger partial charge on any atom is -0.330 e. The number of nitrogens with two attached hydrogens (primary N) is 1. The number of rotatable bonds is 3. The molecule has 1 fully saturated rings. The molecule has 2 unspecified atom stereocenters. The molecule has 0 radical (unpaired) electrons. The number of hydrogen-bond acceptors (Lipinski definition) is 2. The van der Waals surface area contributed by atoms with Crippen molar-refractivity contribution in [3.63, 3.8) is 0 Å². The zero-order valence-corrected chi connectivity index (χ0v) is 9.39. The van der Waals surface area contributed by atoms with E-state index in [2.05, 4.69) is 42.2 Å². The van der Waals surface area contributed by atoms with Gasteiger partial charge in [-0.1, -0.05) is 30.3 Å². The molecule has 15 heavy (non-hydrogen) atoms. The fourth-order valence-electron chi connectivity index (χ4n) is 2.35. The highest BCUT2D eigenvalue weighted by atomic mass is 15.2. The molecule has 0 aromatic heterocycles. The van der Waals surface area contributed by atoms with Crippen molar-refractivity contribution >= 4 is 0 Å². The number of nitrogens with zero attached hydrogens (tertiary/aromatic N) is 1. The summed E-state index contributed by atoms with van der Waals surface area (Å²) in [5, 5.41) is 0. The second-order valence-electron chi connectivity index (χ2n) is 4.47. The number of benzene rings is 1. The van der Waals surface area contributed by atoms with Crippen LogP contribution in [0.1, 0.15) is 24.9 Å². The van der Waals surface area contributed by atoms with E-state index in [0.29, 0.717) is 12.0 Å². The lowest BCUT2D eigenvalue weighted by Gasteiger charge is -2.24. The van der Waals surface area contributed by atoms with Gasteiger partial charge < -0.3 is 5.73 Å². The molecule has 2 rings (SSSR count). The Balaban J connectivity index is 2.00. The van der Waals surface area contributed by atoms with Gasteiger partial charge in [0.05, 0.1) is 0 Å². The predicted molar refractivity (Wildman–Crippen MR) is 63.6 cm³/mol. The Morgan fingerprint density at radius 2 is 2.13 bits per heavy atom. The van der Waals surface area contributed by atoms with E-state index in [-0.39, 0.29) is 0 Å². The summed E-state index contributed by atoms with van der Waals surface area (Å²) in [6, 6.07) is 11.2. The van der Waals surface area contributed by atoms with E-state index in [1.807, 2.05) is 0 Å². The minimum absolute atomic E-state index is 0.530. The van der Waals surface area contributed by atoms with Gasteiger partial charge in [0.15, 0.2) is 0 Å². The van der Waals surface area contributed by atoms with E-state index in [0.717, 1.165) is 13.1 Å². The highest BCUT2D eigenvalue weighted by Crippen LogP contribution is 2.26. The van der Waals surface area contributed by atoms with Crippen molar-refractivity contribution in [2.75, 3.05) is 19.6 Å². The van der Waals surface area contributed by atoms with E-state index in [1.54, 1.807) is 0 Å². The van der Waals surface area contributed by atoms with Crippen LogP contribution in [0.4, 0.5) is 0 Å². The van der Waals surface area contributed by atoms with Crippen molar-refractivity contribution in [3.05, 3.63) is 35.9 Å². The topological polar surface area (TPSA) is 29.3 Å². The first-order chi connectivity index (χ1) is 7.31. The van der Waals surface area contributed by atoms with Gasteiger partial charge in [0, 0.05) is 12.6 Å². The summed E-state index contributed by atoms with van der Waals surface area (Å²) in [6.45, 7) is 5.47. The summed E-state index contributed by atoms with van der Waals surface area (Å²) in [5.74, 6) is 0.705. The summed E-state index contributed by atoms with van der Waals surface area (Å²) in [6.07, 6.45) is 1.26. The van der Waals surface area contributed by atoms with Crippen LogP contribution in [0.5, 0.6) is 0 Å². The van der Waals surface area contributed by atoms with Crippen molar-refractivity contribution in [2.45, 2.75) is 19.4 Å². The monoisotopic (exact) mass is 204 g/mol. The highest BCUT2D eigenvalue weighted by Gasteiger charge is 2.25. The van der Waals surface area contributed by atoms with Gasteiger partial charge in [-0.15, -0.1) is 0 Å². The van der Waals surface area contributed by atoms with Crippen LogP contribution in [0.15, 0.2) is 30.3 Å². The zero-order valence-electron chi connectivity index (χ0n) is 9.39. The molecular formula is C13H20N2. The fourth-order valence-corrected chi connectivity index (χ4v) is 2.35. The SMILES string of the molecule is CC(c1ccccc1)N1CCC(CN)C1.